The highest BCUT2D eigenvalue weighted by Gasteiger charge is 2.35. The van der Waals surface area contributed by atoms with Crippen molar-refractivity contribution in [2.45, 2.75) is 25.4 Å². The van der Waals surface area contributed by atoms with Crippen LogP contribution in [0.3, 0.4) is 0 Å². The van der Waals surface area contributed by atoms with Crippen LogP contribution in [-0.4, -0.2) is 64.7 Å². The smallest absolute Gasteiger partial charge is 0.241 e. The number of nitrogens with zero attached hydrogens (tertiary/aromatic N) is 4. The lowest BCUT2D eigenvalue weighted by molar-refractivity contribution is -0.140. The molecule has 2 fully saturated rings. The minimum Gasteiger partial charge on any atom is -0.378 e. The number of hydrogen-bond acceptors (Lipinski definition) is 6. The Bertz CT molecular complexity index is 758. The lowest BCUT2D eigenvalue weighted by Gasteiger charge is -2.32. The maximum atomic E-state index is 12.8. The number of morpholine rings is 1. The van der Waals surface area contributed by atoms with Crippen LogP contribution in [0.1, 0.15) is 18.7 Å². The van der Waals surface area contributed by atoms with E-state index in [2.05, 4.69) is 15.0 Å². The summed E-state index contributed by atoms with van der Waals surface area (Å²) >= 11 is 5.91. The van der Waals surface area contributed by atoms with E-state index in [4.69, 9.17) is 20.9 Å². The van der Waals surface area contributed by atoms with Crippen LogP contribution in [0.4, 0.5) is 0 Å². The van der Waals surface area contributed by atoms with Crippen molar-refractivity contribution in [1.29, 1.82) is 0 Å². The number of halogens is 1. The van der Waals surface area contributed by atoms with Crippen LogP contribution >= 0.6 is 11.6 Å². The van der Waals surface area contributed by atoms with Gasteiger partial charge < -0.3 is 14.2 Å². The molecule has 1 aromatic carbocycles. The van der Waals surface area contributed by atoms with E-state index in [1.807, 2.05) is 17.0 Å². The van der Waals surface area contributed by atoms with E-state index in [0.29, 0.717) is 49.6 Å². The highest BCUT2D eigenvalue weighted by atomic mass is 35.5. The summed E-state index contributed by atoms with van der Waals surface area (Å²) in [5.41, 5.74) is 0.853. The van der Waals surface area contributed by atoms with E-state index in [9.17, 15) is 4.79 Å². The number of benzene rings is 1. The Labute approximate surface area is 156 Å². The van der Waals surface area contributed by atoms with E-state index in [0.717, 1.165) is 24.9 Å². The van der Waals surface area contributed by atoms with Gasteiger partial charge in [-0.15, -0.1) is 0 Å². The second-order valence-corrected chi connectivity index (χ2v) is 7.02. The van der Waals surface area contributed by atoms with Gasteiger partial charge in [0.1, 0.15) is 0 Å². The SMILES string of the molecule is O=C(C1CCCN1Cc1nc(-c2ccc(Cl)cc2)no1)N1CCOCC1. The van der Waals surface area contributed by atoms with Crippen molar-refractivity contribution in [2.75, 3.05) is 32.8 Å². The van der Waals surface area contributed by atoms with Gasteiger partial charge in [-0.2, -0.15) is 4.98 Å². The number of carbonyl (C=O) groups is 1. The molecule has 1 unspecified atom stereocenters. The molecule has 1 amide bonds. The number of hydrogen-bond donors (Lipinski definition) is 0. The second-order valence-electron chi connectivity index (χ2n) is 6.58. The zero-order valence-electron chi connectivity index (χ0n) is 14.4. The molecule has 0 N–H and O–H groups in total. The van der Waals surface area contributed by atoms with Crippen LogP contribution in [0.25, 0.3) is 11.4 Å². The summed E-state index contributed by atoms with van der Waals surface area (Å²) in [6, 6.07) is 7.20. The first-order chi connectivity index (χ1) is 12.7. The van der Waals surface area contributed by atoms with Crippen molar-refractivity contribution in [3.05, 3.63) is 35.2 Å². The molecule has 2 aliphatic heterocycles. The lowest BCUT2D eigenvalue weighted by atomic mass is 10.2. The highest BCUT2D eigenvalue weighted by molar-refractivity contribution is 6.30. The van der Waals surface area contributed by atoms with E-state index in [1.165, 1.54) is 0 Å². The van der Waals surface area contributed by atoms with Gasteiger partial charge in [0, 0.05) is 23.7 Å². The Hall–Kier alpha value is -1.96. The maximum absolute atomic E-state index is 12.8. The predicted octanol–water partition coefficient (Wildman–Crippen LogP) is 2.21. The molecule has 2 aromatic rings. The van der Waals surface area contributed by atoms with Crippen LogP contribution in [0.15, 0.2) is 28.8 Å². The van der Waals surface area contributed by atoms with Gasteiger partial charge >= 0.3 is 0 Å². The first kappa shape index (κ1) is 17.5. The Morgan fingerprint density at radius 3 is 2.73 bits per heavy atom. The molecule has 0 spiro atoms. The minimum atomic E-state index is -0.112. The molecule has 1 aromatic heterocycles. The predicted molar refractivity (Wildman–Crippen MR) is 95.6 cm³/mol. The van der Waals surface area contributed by atoms with Gasteiger partial charge in [0.15, 0.2) is 0 Å². The van der Waals surface area contributed by atoms with Gasteiger partial charge in [-0.3, -0.25) is 9.69 Å². The molecule has 4 rings (SSSR count). The van der Waals surface area contributed by atoms with Gasteiger partial charge in [0.25, 0.3) is 0 Å². The summed E-state index contributed by atoms with van der Waals surface area (Å²) in [5.74, 6) is 1.24. The molecule has 0 radical (unpaired) electrons. The fraction of sp³-hybridized carbons (Fsp3) is 0.500. The molecule has 3 heterocycles. The molecule has 2 saturated heterocycles. The number of amides is 1. The molecule has 0 aliphatic carbocycles. The molecule has 138 valence electrons. The number of aromatic nitrogens is 2. The van der Waals surface area contributed by atoms with Crippen molar-refractivity contribution in [1.82, 2.24) is 19.9 Å². The van der Waals surface area contributed by atoms with Gasteiger partial charge in [-0.25, -0.2) is 0 Å². The van der Waals surface area contributed by atoms with Crippen LogP contribution in [0, 0.1) is 0 Å². The van der Waals surface area contributed by atoms with Gasteiger partial charge in [-0.1, -0.05) is 16.8 Å². The zero-order valence-corrected chi connectivity index (χ0v) is 15.2. The summed E-state index contributed by atoms with van der Waals surface area (Å²) in [6.45, 7) is 3.93. The monoisotopic (exact) mass is 376 g/mol. The van der Waals surface area contributed by atoms with Crippen molar-refractivity contribution in [3.8, 4) is 11.4 Å². The highest BCUT2D eigenvalue weighted by Crippen LogP contribution is 2.23. The van der Waals surface area contributed by atoms with Gasteiger partial charge in [0.2, 0.25) is 17.6 Å². The fourth-order valence-corrected chi connectivity index (χ4v) is 3.62. The molecule has 0 saturated carbocycles. The Morgan fingerprint density at radius 2 is 1.96 bits per heavy atom. The normalized spacial score (nSPS) is 21.3. The number of carbonyl (C=O) groups excluding carboxylic acids is 1. The number of likely N-dealkylation sites (tertiary alicyclic amines) is 1. The van der Waals surface area contributed by atoms with Crippen molar-refractivity contribution < 1.29 is 14.1 Å². The Morgan fingerprint density at radius 1 is 1.19 bits per heavy atom. The summed E-state index contributed by atoms with van der Waals surface area (Å²) in [5, 5.41) is 4.72. The average molecular weight is 377 g/mol. The number of rotatable bonds is 4. The first-order valence-corrected chi connectivity index (χ1v) is 9.27. The topological polar surface area (TPSA) is 71.7 Å². The molecule has 26 heavy (non-hydrogen) atoms. The third-order valence-corrected chi connectivity index (χ3v) is 5.13. The van der Waals surface area contributed by atoms with Gasteiger partial charge in [-0.05, 0) is 43.7 Å². The molecular formula is C18H21ClN4O3. The molecule has 7 nitrogen and oxygen atoms in total. The summed E-state index contributed by atoms with van der Waals surface area (Å²) in [7, 11) is 0. The largest absolute Gasteiger partial charge is 0.378 e. The average Bonchev–Trinajstić information content (AvgIpc) is 3.33. The van der Waals surface area contributed by atoms with Crippen molar-refractivity contribution >= 4 is 17.5 Å². The Balaban J connectivity index is 1.43. The van der Waals surface area contributed by atoms with Crippen LogP contribution in [0.5, 0.6) is 0 Å². The third-order valence-electron chi connectivity index (χ3n) is 4.88. The number of ether oxygens (including phenoxy) is 1. The van der Waals surface area contributed by atoms with Crippen LogP contribution in [0.2, 0.25) is 5.02 Å². The van der Waals surface area contributed by atoms with Crippen LogP contribution < -0.4 is 0 Å². The van der Waals surface area contributed by atoms with E-state index >= 15 is 0 Å². The lowest BCUT2D eigenvalue weighted by Crippen LogP contribution is -2.49. The second kappa shape index (κ2) is 7.73. The van der Waals surface area contributed by atoms with Gasteiger partial charge in [0.05, 0.1) is 25.8 Å². The van der Waals surface area contributed by atoms with Crippen molar-refractivity contribution in [3.63, 3.8) is 0 Å². The summed E-state index contributed by atoms with van der Waals surface area (Å²) in [4.78, 5) is 21.3. The van der Waals surface area contributed by atoms with Crippen LogP contribution in [-0.2, 0) is 16.1 Å². The summed E-state index contributed by atoms with van der Waals surface area (Å²) < 4.78 is 10.7. The molecule has 2 aliphatic rings. The van der Waals surface area contributed by atoms with E-state index in [-0.39, 0.29) is 11.9 Å². The summed E-state index contributed by atoms with van der Waals surface area (Å²) in [6.07, 6.45) is 1.87. The molecular weight excluding hydrogens is 356 g/mol. The first-order valence-electron chi connectivity index (χ1n) is 8.90. The maximum Gasteiger partial charge on any atom is 0.241 e. The zero-order chi connectivity index (χ0) is 17.9. The molecule has 0 bridgehead atoms. The quantitative estimate of drug-likeness (QED) is 0.814. The third kappa shape index (κ3) is 3.75. The molecule has 1 atom stereocenters. The van der Waals surface area contributed by atoms with E-state index < -0.39 is 0 Å². The van der Waals surface area contributed by atoms with Crippen molar-refractivity contribution in [2.24, 2.45) is 0 Å². The van der Waals surface area contributed by atoms with E-state index in [1.54, 1.807) is 12.1 Å². The molecule has 8 heteroatoms. The fourth-order valence-electron chi connectivity index (χ4n) is 3.50. The minimum absolute atomic E-state index is 0.112. The standard InChI is InChI=1S/C18H21ClN4O3/c19-14-5-3-13(4-6-14)17-20-16(26-21-17)12-23-7-1-2-15(23)18(24)22-8-10-25-11-9-22/h3-6,15H,1-2,7-12H2. The Kier molecular flexibility index (Phi) is 5.19.